The third-order valence-electron chi connectivity index (χ3n) is 5.11. The molecule has 1 aliphatic heterocycles. The molecule has 2 heterocycles. The van der Waals surface area contributed by atoms with E-state index >= 15 is 0 Å². The van der Waals surface area contributed by atoms with Crippen molar-refractivity contribution in [2.45, 2.75) is 6.61 Å². The minimum absolute atomic E-state index is 0.108. The first-order valence-corrected chi connectivity index (χ1v) is 9.83. The standard InChI is InChI=1S/C23H23FN4O2/c24-19-14-18(23(29)30-16-17-6-2-1-3-7-17)15-20(25)22(19)28-12-10-27(11-13-28)21-8-4-5-9-26-21/h1-9,14-15H,10-13,16,25H2. The third-order valence-corrected chi connectivity index (χ3v) is 5.11. The lowest BCUT2D eigenvalue weighted by Gasteiger charge is -2.37. The highest BCUT2D eigenvalue weighted by molar-refractivity contribution is 5.92. The Morgan fingerprint density at radius 1 is 1.00 bits per heavy atom. The van der Waals surface area contributed by atoms with E-state index in [-0.39, 0.29) is 17.9 Å². The lowest BCUT2D eigenvalue weighted by molar-refractivity contribution is 0.0472. The number of hydrogen-bond acceptors (Lipinski definition) is 6. The lowest BCUT2D eigenvalue weighted by Crippen LogP contribution is -2.47. The Morgan fingerprint density at radius 2 is 1.70 bits per heavy atom. The molecule has 154 valence electrons. The van der Waals surface area contributed by atoms with Gasteiger partial charge in [0.25, 0.3) is 0 Å². The number of carbonyl (C=O) groups excluding carboxylic acids is 1. The second kappa shape index (κ2) is 8.82. The van der Waals surface area contributed by atoms with Crippen LogP contribution in [-0.2, 0) is 11.3 Å². The molecule has 1 saturated heterocycles. The summed E-state index contributed by atoms with van der Waals surface area (Å²) in [6.45, 7) is 2.75. The number of halogens is 1. The molecule has 4 rings (SSSR count). The Morgan fingerprint density at radius 3 is 2.37 bits per heavy atom. The van der Waals surface area contributed by atoms with E-state index in [1.54, 1.807) is 6.20 Å². The number of ether oxygens (including phenoxy) is 1. The van der Waals surface area contributed by atoms with E-state index in [4.69, 9.17) is 10.5 Å². The molecule has 2 aromatic carbocycles. The molecule has 6 nitrogen and oxygen atoms in total. The lowest BCUT2D eigenvalue weighted by atomic mass is 10.1. The highest BCUT2D eigenvalue weighted by Crippen LogP contribution is 2.30. The van der Waals surface area contributed by atoms with Crippen LogP contribution >= 0.6 is 0 Å². The summed E-state index contributed by atoms with van der Waals surface area (Å²) in [5.74, 6) is -0.217. The van der Waals surface area contributed by atoms with Gasteiger partial charge in [-0.05, 0) is 29.8 Å². The SMILES string of the molecule is Nc1cc(C(=O)OCc2ccccc2)cc(F)c1N1CCN(c2ccccn2)CC1. The summed E-state index contributed by atoms with van der Waals surface area (Å²) < 4.78 is 20.2. The topological polar surface area (TPSA) is 71.7 Å². The Kier molecular flexibility index (Phi) is 5.79. The number of aromatic nitrogens is 1. The van der Waals surface area contributed by atoms with Crippen LogP contribution in [0.15, 0.2) is 66.9 Å². The summed E-state index contributed by atoms with van der Waals surface area (Å²) in [5.41, 5.74) is 7.66. The maximum absolute atomic E-state index is 14.9. The summed E-state index contributed by atoms with van der Waals surface area (Å²) in [6.07, 6.45) is 1.76. The van der Waals surface area contributed by atoms with Crippen LogP contribution < -0.4 is 15.5 Å². The van der Waals surface area contributed by atoms with Crippen LogP contribution in [0.2, 0.25) is 0 Å². The second-order valence-corrected chi connectivity index (χ2v) is 7.12. The van der Waals surface area contributed by atoms with Crippen molar-refractivity contribution in [1.29, 1.82) is 0 Å². The van der Waals surface area contributed by atoms with Crippen LogP contribution in [0, 0.1) is 5.82 Å². The molecule has 0 radical (unpaired) electrons. The molecule has 0 unspecified atom stereocenters. The predicted molar refractivity (Wildman–Crippen MR) is 115 cm³/mol. The summed E-state index contributed by atoms with van der Waals surface area (Å²) in [5, 5.41) is 0. The van der Waals surface area contributed by atoms with Gasteiger partial charge in [-0.15, -0.1) is 0 Å². The molecule has 30 heavy (non-hydrogen) atoms. The zero-order chi connectivity index (χ0) is 20.9. The molecule has 0 spiro atoms. The first-order valence-electron chi connectivity index (χ1n) is 9.83. The number of anilines is 3. The van der Waals surface area contributed by atoms with Gasteiger partial charge in [0, 0.05) is 32.4 Å². The van der Waals surface area contributed by atoms with E-state index in [0.717, 1.165) is 11.4 Å². The number of pyridine rings is 1. The maximum atomic E-state index is 14.9. The molecular weight excluding hydrogens is 383 g/mol. The number of rotatable bonds is 5. The van der Waals surface area contributed by atoms with E-state index in [0.29, 0.717) is 31.9 Å². The number of hydrogen-bond donors (Lipinski definition) is 1. The first-order chi connectivity index (χ1) is 14.6. The number of nitrogen functional groups attached to an aromatic ring is 1. The van der Waals surface area contributed by atoms with Crippen molar-refractivity contribution in [3.05, 3.63) is 83.8 Å². The maximum Gasteiger partial charge on any atom is 0.338 e. The highest BCUT2D eigenvalue weighted by Gasteiger charge is 2.24. The first kappa shape index (κ1) is 19.7. The summed E-state index contributed by atoms with van der Waals surface area (Å²) in [7, 11) is 0. The van der Waals surface area contributed by atoms with Gasteiger partial charge in [-0.2, -0.15) is 0 Å². The molecule has 7 heteroatoms. The number of benzene rings is 2. The Bertz CT molecular complexity index is 983. The van der Waals surface area contributed by atoms with Crippen molar-refractivity contribution in [1.82, 2.24) is 4.98 Å². The minimum Gasteiger partial charge on any atom is -0.457 e. The molecule has 0 bridgehead atoms. The van der Waals surface area contributed by atoms with Crippen molar-refractivity contribution in [3.63, 3.8) is 0 Å². The van der Waals surface area contributed by atoms with Gasteiger partial charge in [-0.3, -0.25) is 0 Å². The van der Waals surface area contributed by atoms with Crippen molar-refractivity contribution in [2.24, 2.45) is 0 Å². The molecule has 0 saturated carbocycles. The summed E-state index contributed by atoms with van der Waals surface area (Å²) >= 11 is 0. The summed E-state index contributed by atoms with van der Waals surface area (Å²) in [4.78, 5) is 20.8. The monoisotopic (exact) mass is 406 g/mol. The van der Waals surface area contributed by atoms with E-state index in [9.17, 15) is 9.18 Å². The molecule has 1 aromatic heterocycles. The molecule has 0 aliphatic carbocycles. The number of nitrogens with zero attached hydrogens (tertiary/aromatic N) is 3. The van der Waals surface area contributed by atoms with Crippen LogP contribution in [-0.4, -0.2) is 37.1 Å². The third kappa shape index (κ3) is 4.35. The van der Waals surface area contributed by atoms with Crippen LogP contribution in [0.25, 0.3) is 0 Å². The number of carbonyl (C=O) groups is 1. The smallest absolute Gasteiger partial charge is 0.338 e. The quantitative estimate of drug-likeness (QED) is 0.517. The van der Waals surface area contributed by atoms with E-state index in [1.807, 2.05) is 53.4 Å². The van der Waals surface area contributed by atoms with Gasteiger partial charge in [0.05, 0.1) is 16.9 Å². The zero-order valence-corrected chi connectivity index (χ0v) is 16.5. The van der Waals surface area contributed by atoms with Crippen LogP contribution in [0.4, 0.5) is 21.6 Å². The van der Waals surface area contributed by atoms with Crippen LogP contribution in [0.3, 0.4) is 0 Å². The fourth-order valence-electron chi connectivity index (χ4n) is 3.58. The Balaban J connectivity index is 1.42. The number of esters is 1. The predicted octanol–water partition coefficient (Wildman–Crippen LogP) is 3.49. The van der Waals surface area contributed by atoms with Gasteiger partial charge < -0.3 is 20.3 Å². The number of nitrogens with two attached hydrogens (primary N) is 1. The van der Waals surface area contributed by atoms with Crippen molar-refractivity contribution >= 4 is 23.2 Å². The number of piperazine rings is 1. The van der Waals surface area contributed by atoms with Gasteiger partial charge in [0.15, 0.2) is 0 Å². The highest BCUT2D eigenvalue weighted by atomic mass is 19.1. The largest absolute Gasteiger partial charge is 0.457 e. The Labute approximate surface area is 174 Å². The zero-order valence-electron chi connectivity index (χ0n) is 16.5. The van der Waals surface area contributed by atoms with Gasteiger partial charge in [0.1, 0.15) is 18.2 Å². The second-order valence-electron chi connectivity index (χ2n) is 7.12. The van der Waals surface area contributed by atoms with Gasteiger partial charge >= 0.3 is 5.97 Å². The molecule has 0 atom stereocenters. The van der Waals surface area contributed by atoms with Crippen LogP contribution in [0.5, 0.6) is 0 Å². The molecule has 1 aliphatic rings. The van der Waals surface area contributed by atoms with E-state index in [2.05, 4.69) is 9.88 Å². The molecule has 0 amide bonds. The van der Waals surface area contributed by atoms with Gasteiger partial charge in [-0.1, -0.05) is 36.4 Å². The Hall–Kier alpha value is -3.61. The fraction of sp³-hybridized carbons (Fsp3) is 0.217. The van der Waals surface area contributed by atoms with Crippen LogP contribution in [0.1, 0.15) is 15.9 Å². The molecular formula is C23H23FN4O2. The average Bonchev–Trinajstić information content (AvgIpc) is 2.79. The minimum atomic E-state index is -0.601. The molecule has 2 N–H and O–H groups in total. The molecule has 1 fully saturated rings. The van der Waals surface area contributed by atoms with Gasteiger partial charge in [-0.25, -0.2) is 14.2 Å². The molecule has 3 aromatic rings. The average molecular weight is 406 g/mol. The van der Waals surface area contributed by atoms with E-state index < -0.39 is 11.8 Å². The van der Waals surface area contributed by atoms with E-state index in [1.165, 1.54) is 12.1 Å². The normalized spacial score (nSPS) is 13.9. The van der Waals surface area contributed by atoms with Gasteiger partial charge in [0.2, 0.25) is 0 Å². The summed E-state index contributed by atoms with van der Waals surface area (Å²) in [6, 6.07) is 17.8. The van der Waals surface area contributed by atoms with Crippen molar-refractivity contribution < 1.29 is 13.9 Å². The van der Waals surface area contributed by atoms with Crippen molar-refractivity contribution in [2.75, 3.05) is 41.7 Å². The van der Waals surface area contributed by atoms with Crippen molar-refractivity contribution in [3.8, 4) is 0 Å². The fourth-order valence-corrected chi connectivity index (χ4v) is 3.58.